The topological polar surface area (TPSA) is 78.3 Å². The van der Waals surface area contributed by atoms with Crippen LogP contribution in [0, 0.1) is 13.8 Å². The van der Waals surface area contributed by atoms with Gasteiger partial charge in [0.25, 0.3) is 5.91 Å². The summed E-state index contributed by atoms with van der Waals surface area (Å²) in [6.45, 7) is 6.84. The van der Waals surface area contributed by atoms with E-state index in [2.05, 4.69) is 20.2 Å². The molecule has 0 radical (unpaired) electrons. The van der Waals surface area contributed by atoms with Crippen LogP contribution in [0.25, 0.3) is 22.0 Å². The summed E-state index contributed by atoms with van der Waals surface area (Å²) in [5, 5.41) is 6.05. The van der Waals surface area contributed by atoms with E-state index in [1.54, 1.807) is 11.3 Å². The summed E-state index contributed by atoms with van der Waals surface area (Å²) in [6.07, 6.45) is 6.32. The monoisotopic (exact) mass is 466 g/mol. The van der Waals surface area contributed by atoms with Crippen LogP contribution in [-0.2, 0) is 16.0 Å². The molecule has 3 aromatic rings. The lowest BCUT2D eigenvalue weighted by Gasteiger charge is -2.16. The number of hydrogen-bond acceptors (Lipinski definition) is 6. The van der Waals surface area contributed by atoms with E-state index in [4.69, 9.17) is 14.5 Å². The van der Waals surface area contributed by atoms with Crippen molar-refractivity contribution in [1.82, 2.24) is 19.9 Å². The molecule has 2 atom stereocenters. The Balaban J connectivity index is 1.44. The van der Waals surface area contributed by atoms with Crippen LogP contribution in [0.1, 0.15) is 47.4 Å². The highest BCUT2D eigenvalue weighted by molar-refractivity contribution is 7.13. The van der Waals surface area contributed by atoms with Crippen LogP contribution in [0.4, 0.5) is 0 Å². The van der Waals surface area contributed by atoms with Gasteiger partial charge in [0.1, 0.15) is 5.01 Å². The maximum absolute atomic E-state index is 13.1. The van der Waals surface area contributed by atoms with E-state index < -0.39 is 0 Å². The van der Waals surface area contributed by atoms with Crippen LogP contribution in [0.3, 0.4) is 0 Å². The average Bonchev–Trinajstić information content (AvgIpc) is 3.62. The maximum Gasteiger partial charge on any atom is 0.253 e. The van der Waals surface area contributed by atoms with E-state index in [1.807, 2.05) is 38.2 Å². The minimum absolute atomic E-state index is 0.0615. The highest BCUT2D eigenvalue weighted by Gasteiger charge is 2.25. The Morgan fingerprint density at radius 3 is 2.67 bits per heavy atom. The third-order valence-corrected chi connectivity index (χ3v) is 7.35. The summed E-state index contributed by atoms with van der Waals surface area (Å²) >= 11 is 1.59. The number of hydrogen-bond donors (Lipinski definition) is 1. The zero-order valence-electron chi connectivity index (χ0n) is 19.2. The molecule has 0 bridgehead atoms. The largest absolute Gasteiger partial charge is 0.376 e. The number of ether oxygens (including phenoxy) is 2. The van der Waals surface area contributed by atoms with Crippen molar-refractivity contribution in [2.24, 2.45) is 0 Å². The molecule has 2 fully saturated rings. The minimum atomic E-state index is -0.0615. The van der Waals surface area contributed by atoms with Gasteiger partial charge in [0.2, 0.25) is 0 Å². The zero-order valence-corrected chi connectivity index (χ0v) is 20.0. The van der Waals surface area contributed by atoms with Crippen LogP contribution in [0.2, 0.25) is 0 Å². The number of aryl methyl sites for hydroxylation is 1. The summed E-state index contributed by atoms with van der Waals surface area (Å²) in [5.41, 5.74) is 5.43. The molecule has 0 aromatic carbocycles. The van der Waals surface area contributed by atoms with E-state index in [9.17, 15) is 4.79 Å². The van der Waals surface area contributed by atoms with Crippen molar-refractivity contribution in [2.75, 3.05) is 19.8 Å². The SMILES string of the molecule is Cc1ccc(-c2nc(-c3cc(C(=O)NCC4CCCO4)c(C)n3CC3CCCO3)cs2)cn1. The zero-order chi connectivity index (χ0) is 22.8. The van der Waals surface area contributed by atoms with Crippen molar-refractivity contribution in [3.8, 4) is 22.0 Å². The fourth-order valence-corrected chi connectivity index (χ4v) is 5.34. The molecule has 174 valence electrons. The number of aromatic nitrogens is 3. The van der Waals surface area contributed by atoms with Gasteiger partial charge >= 0.3 is 0 Å². The van der Waals surface area contributed by atoms with Gasteiger partial charge in [-0.25, -0.2) is 4.98 Å². The molecule has 5 rings (SSSR count). The smallest absolute Gasteiger partial charge is 0.253 e. The third kappa shape index (κ3) is 4.88. The van der Waals surface area contributed by atoms with Crippen LogP contribution in [0.5, 0.6) is 0 Å². The lowest BCUT2D eigenvalue weighted by atomic mass is 10.2. The Kier molecular flexibility index (Phi) is 6.57. The predicted octanol–water partition coefficient (Wildman–Crippen LogP) is 4.38. The van der Waals surface area contributed by atoms with Gasteiger partial charge in [0, 0.05) is 54.8 Å². The Morgan fingerprint density at radius 2 is 1.97 bits per heavy atom. The van der Waals surface area contributed by atoms with Crippen molar-refractivity contribution in [1.29, 1.82) is 0 Å². The second kappa shape index (κ2) is 9.75. The molecule has 7 nitrogen and oxygen atoms in total. The van der Waals surface area contributed by atoms with Crippen LogP contribution in [0.15, 0.2) is 29.8 Å². The molecule has 1 amide bonds. The number of amides is 1. The molecule has 2 aliphatic heterocycles. The molecule has 2 saturated heterocycles. The third-order valence-electron chi connectivity index (χ3n) is 6.46. The Hall–Kier alpha value is -2.55. The number of rotatable bonds is 7. The van der Waals surface area contributed by atoms with Crippen molar-refractivity contribution in [3.05, 3.63) is 46.7 Å². The first-order chi connectivity index (χ1) is 16.1. The maximum atomic E-state index is 13.1. The molecule has 1 N–H and O–H groups in total. The van der Waals surface area contributed by atoms with Gasteiger partial charge in [-0.1, -0.05) is 0 Å². The fourth-order valence-electron chi connectivity index (χ4n) is 4.54. The number of thiazole rings is 1. The van der Waals surface area contributed by atoms with Crippen molar-refractivity contribution < 1.29 is 14.3 Å². The van der Waals surface area contributed by atoms with Crippen molar-refractivity contribution in [2.45, 2.75) is 58.3 Å². The fraction of sp³-hybridized carbons (Fsp3) is 0.480. The second-order valence-corrected chi connectivity index (χ2v) is 9.70. The highest BCUT2D eigenvalue weighted by Crippen LogP contribution is 2.32. The normalized spacial score (nSPS) is 20.4. The first-order valence-corrected chi connectivity index (χ1v) is 12.6. The van der Waals surface area contributed by atoms with E-state index in [1.165, 1.54) is 0 Å². The van der Waals surface area contributed by atoms with E-state index in [-0.39, 0.29) is 18.1 Å². The summed E-state index contributed by atoms with van der Waals surface area (Å²) in [6, 6.07) is 6.02. The lowest BCUT2D eigenvalue weighted by molar-refractivity contribution is 0.0855. The molecular formula is C25H30N4O3S. The van der Waals surface area contributed by atoms with E-state index >= 15 is 0 Å². The summed E-state index contributed by atoms with van der Waals surface area (Å²) < 4.78 is 13.8. The molecule has 2 aliphatic rings. The number of carbonyl (C=O) groups is 1. The molecule has 2 unspecified atom stereocenters. The van der Waals surface area contributed by atoms with Gasteiger partial charge in [-0.2, -0.15) is 0 Å². The number of nitrogens with one attached hydrogen (secondary N) is 1. The van der Waals surface area contributed by atoms with Crippen LogP contribution >= 0.6 is 11.3 Å². The minimum Gasteiger partial charge on any atom is -0.376 e. The molecular weight excluding hydrogens is 436 g/mol. The van der Waals surface area contributed by atoms with Crippen molar-refractivity contribution in [3.63, 3.8) is 0 Å². The summed E-state index contributed by atoms with van der Waals surface area (Å²) in [4.78, 5) is 22.4. The number of nitrogens with zero attached hydrogens (tertiary/aromatic N) is 3. The van der Waals surface area contributed by atoms with Gasteiger partial charge in [0.15, 0.2) is 0 Å². The van der Waals surface area contributed by atoms with Gasteiger partial charge in [0.05, 0.1) is 29.2 Å². The average molecular weight is 467 g/mol. The first kappa shape index (κ1) is 22.3. The van der Waals surface area contributed by atoms with Gasteiger partial charge in [-0.3, -0.25) is 9.78 Å². The lowest BCUT2D eigenvalue weighted by Crippen LogP contribution is -2.32. The van der Waals surface area contributed by atoms with Gasteiger partial charge in [-0.15, -0.1) is 11.3 Å². The predicted molar refractivity (Wildman–Crippen MR) is 129 cm³/mol. The number of pyridine rings is 1. The molecule has 33 heavy (non-hydrogen) atoms. The Bertz CT molecular complexity index is 1110. The number of carbonyl (C=O) groups excluding carboxylic acids is 1. The quantitative estimate of drug-likeness (QED) is 0.559. The molecule has 0 aliphatic carbocycles. The van der Waals surface area contributed by atoms with Crippen molar-refractivity contribution >= 4 is 17.2 Å². The standard InChI is InChI=1S/C25H30N4O3S/c1-16-7-8-18(12-26-16)25-28-22(15-33-25)23-11-21(24(30)27-13-19-5-3-9-31-19)17(2)29(23)14-20-6-4-10-32-20/h7-8,11-12,15,19-20H,3-6,9-10,13-14H2,1-2H3,(H,27,30). The molecule has 0 saturated carbocycles. The first-order valence-electron chi connectivity index (χ1n) is 11.7. The van der Waals surface area contributed by atoms with Gasteiger partial charge in [-0.05, 0) is 57.7 Å². The van der Waals surface area contributed by atoms with E-state index in [0.717, 1.165) is 78.8 Å². The molecule has 8 heteroatoms. The molecule has 3 aromatic heterocycles. The molecule has 0 spiro atoms. The Morgan fingerprint density at radius 1 is 1.18 bits per heavy atom. The summed E-state index contributed by atoms with van der Waals surface area (Å²) in [5.74, 6) is -0.0615. The van der Waals surface area contributed by atoms with Crippen LogP contribution < -0.4 is 5.32 Å². The highest BCUT2D eigenvalue weighted by atomic mass is 32.1. The summed E-state index contributed by atoms with van der Waals surface area (Å²) in [7, 11) is 0. The second-order valence-electron chi connectivity index (χ2n) is 8.85. The van der Waals surface area contributed by atoms with Crippen LogP contribution in [-0.4, -0.2) is 52.4 Å². The Labute approximate surface area is 198 Å². The molecule has 5 heterocycles. The van der Waals surface area contributed by atoms with Gasteiger partial charge < -0.3 is 19.4 Å². The van der Waals surface area contributed by atoms with E-state index in [0.29, 0.717) is 12.1 Å².